The summed E-state index contributed by atoms with van der Waals surface area (Å²) >= 11 is 0. The van der Waals surface area contributed by atoms with Crippen molar-refractivity contribution in [3.8, 4) is 5.75 Å². The molecule has 0 radical (unpaired) electrons. The Balaban J connectivity index is 0.000000416. The first-order valence-electron chi connectivity index (χ1n) is 6.85. The van der Waals surface area contributed by atoms with E-state index in [1.54, 1.807) is 7.05 Å². The molecule has 0 atom stereocenters. The molecule has 1 aliphatic carbocycles. The monoisotopic (exact) mass is 303 g/mol. The summed E-state index contributed by atoms with van der Waals surface area (Å²) in [6.07, 6.45) is 10.4. The lowest BCUT2D eigenvalue weighted by Crippen LogP contribution is -2.16. The summed E-state index contributed by atoms with van der Waals surface area (Å²) in [6, 6.07) is 2.72. The number of carbonyl (C=O) groups is 1. The van der Waals surface area contributed by atoms with Gasteiger partial charge in [0.05, 0.1) is 0 Å². The molecule has 1 saturated carbocycles. The Morgan fingerprint density at radius 2 is 1.71 bits per heavy atom. The third-order valence-corrected chi connectivity index (χ3v) is 2.71. The van der Waals surface area contributed by atoms with Crippen LogP contribution in [0.2, 0.25) is 0 Å². The highest BCUT2D eigenvalue weighted by molar-refractivity contribution is 5.39. The van der Waals surface area contributed by atoms with Gasteiger partial charge in [-0.05, 0) is 6.07 Å². The molecule has 21 heavy (non-hydrogen) atoms. The average molecular weight is 303 g/mol. The number of alkyl halides is 2. The van der Waals surface area contributed by atoms with Crippen LogP contribution in [0.4, 0.5) is 14.6 Å². The van der Waals surface area contributed by atoms with E-state index in [-0.39, 0.29) is 5.75 Å². The van der Waals surface area contributed by atoms with Gasteiger partial charge in [-0.3, -0.25) is 0 Å². The number of nitrogens with zero attached hydrogens (tertiary/aromatic N) is 1. The van der Waals surface area contributed by atoms with Crippen molar-refractivity contribution in [2.24, 2.45) is 0 Å². The number of rotatable bonds is 4. The molecule has 0 aromatic carbocycles. The zero-order chi connectivity index (χ0) is 15.9. The summed E-state index contributed by atoms with van der Waals surface area (Å²) in [6.45, 7) is -0.815. The van der Waals surface area contributed by atoms with Gasteiger partial charge in [-0.25, -0.2) is 10.4 Å². The van der Waals surface area contributed by atoms with Gasteiger partial charge >= 0.3 is 6.61 Å². The van der Waals surface area contributed by atoms with Gasteiger partial charge < -0.3 is 15.0 Å². The minimum absolute atomic E-state index is 0.0720. The van der Waals surface area contributed by atoms with E-state index in [2.05, 4.69) is 20.6 Å². The van der Waals surface area contributed by atoms with Gasteiger partial charge in [-0.15, -0.1) is 0 Å². The molecule has 1 aromatic heterocycles. The SMILES string of the molecule is C1CCCCC1.C=O.CNNc1cc(OC(F)F)ccn1. The van der Waals surface area contributed by atoms with Crippen molar-refractivity contribution in [2.45, 2.75) is 45.1 Å². The molecule has 2 rings (SSSR count). The molecular weight excluding hydrogens is 280 g/mol. The van der Waals surface area contributed by atoms with Crippen molar-refractivity contribution >= 4 is 12.6 Å². The van der Waals surface area contributed by atoms with E-state index >= 15 is 0 Å². The van der Waals surface area contributed by atoms with Gasteiger partial charge in [0.2, 0.25) is 0 Å². The molecule has 120 valence electrons. The number of aromatic nitrogens is 1. The second kappa shape index (κ2) is 13.2. The molecule has 0 saturated heterocycles. The molecule has 0 aliphatic heterocycles. The number of hydrazine groups is 1. The fourth-order valence-electron chi connectivity index (χ4n) is 1.84. The molecule has 2 N–H and O–H groups in total. The smallest absolute Gasteiger partial charge is 0.387 e. The van der Waals surface area contributed by atoms with Crippen LogP contribution in [0.25, 0.3) is 0 Å². The van der Waals surface area contributed by atoms with Crippen molar-refractivity contribution in [3.05, 3.63) is 18.3 Å². The molecule has 1 fully saturated rings. The molecule has 1 heterocycles. The van der Waals surface area contributed by atoms with Crippen LogP contribution in [-0.2, 0) is 4.79 Å². The maximum absolute atomic E-state index is 11.8. The van der Waals surface area contributed by atoms with Gasteiger partial charge in [0.15, 0.2) is 0 Å². The Labute approximate surface area is 124 Å². The van der Waals surface area contributed by atoms with Crippen molar-refractivity contribution in [1.82, 2.24) is 10.4 Å². The van der Waals surface area contributed by atoms with E-state index in [9.17, 15) is 8.78 Å². The van der Waals surface area contributed by atoms with E-state index in [1.165, 1.54) is 56.9 Å². The summed E-state index contributed by atoms with van der Waals surface area (Å²) in [4.78, 5) is 11.8. The third-order valence-electron chi connectivity index (χ3n) is 2.71. The Kier molecular flexibility index (Phi) is 12.1. The van der Waals surface area contributed by atoms with Gasteiger partial charge in [-0.1, -0.05) is 38.5 Å². The van der Waals surface area contributed by atoms with Crippen LogP contribution in [0, 0.1) is 0 Å². The van der Waals surface area contributed by atoms with Crippen LogP contribution in [-0.4, -0.2) is 25.4 Å². The number of hydrogen-bond donors (Lipinski definition) is 2. The van der Waals surface area contributed by atoms with Crippen LogP contribution in [0.3, 0.4) is 0 Å². The fraction of sp³-hybridized carbons (Fsp3) is 0.571. The van der Waals surface area contributed by atoms with Crippen LogP contribution >= 0.6 is 0 Å². The molecule has 0 amide bonds. The molecule has 0 spiro atoms. The number of pyridine rings is 1. The largest absolute Gasteiger partial charge is 0.435 e. The van der Waals surface area contributed by atoms with E-state index < -0.39 is 6.61 Å². The maximum atomic E-state index is 11.8. The molecule has 7 heteroatoms. The van der Waals surface area contributed by atoms with Crippen molar-refractivity contribution < 1.29 is 18.3 Å². The zero-order valence-electron chi connectivity index (χ0n) is 12.3. The van der Waals surface area contributed by atoms with Gasteiger partial charge in [0, 0.05) is 19.3 Å². The first-order chi connectivity index (χ1) is 10.2. The zero-order valence-corrected chi connectivity index (χ0v) is 12.3. The topological polar surface area (TPSA) is 63.2 Å². The minimum Gasteiger partial charge on any atom is -0.435 e. The van der Waals surface area contributed by atoms with Gasteiger partial charge in [-0.2, -0.15) is 8.78 Å². The summed E-state index contributed by atoms with van der Waals surface area (Å²) in [5.74, 6) is 0.489. The first kappa shape index (κ1) is 19.2. The summed E-state index contributed by atoms with van der Waals surface area (Å²) < 4.78 is 27.7. The van der Waals surface area contributed by atoms with Crippen molar-refractivity contribution in [1.29, 1.82) is 0 Å². The van der Waals surface area contributed by atoms with Crippen LogP contribution in [0.5, 0.6) is 5.75 Å². The predicted molar refractivity (Wildman–Crippen MR) is 78.4 cm³/mol. The minimum atomic E-state index is -2.81. The summed E-state index contributed by atoms with van der Waals surface area (Å²) in [7, 11) is 1.64. The molecule has 0 unspecified atom stereocenters. The number of ether oxygens (including phenoxy) is 1. The number of halogens is 2. The third kappa shape index (κ3) is 10.7. The molecule has 1 aromatic rings. The lowest BCUT2D eigenvalue weighted by molar-refractivity contribution is -0.0980. The summed E-state index contributed by atoms with van der Waals surface area (Å²) in [5.41, 5.74) is 5.24. The highest BCUT2D eigenvalue weighted by Gasteiger charge is 2.04. The molecule has 1 aliphatic rings. The van der Waals surface area contributed by atoms with Crippen LogP contribution < -0.4 is 15.6 Å². The lowest BCUT2D eigenvalue weighted by atomic mass is 10.0. The normalized spacial score (nSPS) is 13.3. The molecular formula is C14H23F2N3O2. The van der Waals surface area contributed by atoms with E-state index in [1.807, 2.05) is 6.79 Å². The van der Waals surface area contributed by atoms with E-state index in [4.69, 9.17) is 4.79 Å². The first-order valence-corrected chi connectivity index (χ1v) is 6.85. The number of hydrogen-bond acceptors (Lipinski definition) is 5. The second-order valence-electron chi connectivity index (χ2n) is 4.25. The fourth-order valence-corrected chi connectivity index (χ4v) is 1.84. The number of nitrogens with one attached hydrogen (secondary N) is 2. The highest BCUT2D eigenvalue weighted by Crippen LogP contribution is 2.16. The Hall–Kier alpha value is -1.76. The highest BCUT2D eigenvalue weighted by atomic mass is 19.3. The lowest BCUT2D eigenvalue weighted by Gasteiger charge is -2.06. The van der Waals surface area contributed by atoms with Gasteiger partial charge in [0.25, 0.3) is 0 Å². The second-order valence-corrected chi connectivity index (χ2v) is 4.25. The number of carbonyl (C=O) groups excluding carboxylic acids is 1. The summed E-state index contributed by atoms with van der Waals surface area (Å²) in [5, 5.41) is 0. The predicted octanol–water partition coefficient (Wildman–Crippen LogP) is 3.39. The Morgan fingerprint density at radius 1 is 1.19 bits per heavy atom. The molecule has 5 nitrogen and oxygen atoms in total. The van der Waals surface area contributed by atoms with Crippen molar-refractivity contribution in [3.63, 3.8) is 0 Å². The van der Waals surface area contributed by atoms with E-state index in [0.29, 0.717) is 5.82 Å². The van der Waals surface area contributed by atoms with Crippen LogP contribution in [0.15, 0.2) is 18.3 Å². The van der Waals surface area contributed by atoms with Crippen LogP contribution in [0.1, 0.15) is 38.5 Å². The maximum Gasteiger partial charge on any atom is 0.387 e. The Morgan fingerprint density at radius 3 is 2.14 bits per heavy atom. The number of anilines is 1. The quantitative estimate of drug-likeness (QED) is 0.835. The Bertz CT molecular complexity index is 352. The van der Waals surface area contributed by atoms with Crippen molar-refractivity contribution in [2.75, 3.05) is 12.5 Å². The average Bonchev–Trinajstić information content (AvgIpc) is 2.52. The van der Waals surface area contributed by atoms with E-state index in [0.717, 1.165) is 0 Å². The molecule has 0 bridgehead atoms. The van der Waals surface area contributed by atoms with Gasteiger partial charge in [0.1, 0.15) is 18.4 Å². The standard InChI is InChI=1S/C7H9F2N3O.C6H12.CH2O/c1-10-12-6-4-5(2-3-11-6)13-7(8)9;1-2-4-6-5-3-1;1-2/h2-4,7,10H,1H3,(H,11,12);1-6H2;1H2.